The molecule has 1 amide bonds. The summed E-state index contributed by atoms with van der Waals surface area (Å²) >= 11 is 0. The van der Waals surface area contributed by atoms with Gasteiger partial charge in [-0.2, -0.15) is 0 Å². The predicted molar refractivity (Wildman–Crippen MR) is 140 cm³/mol. The van der Waals surface area contributed by atoms with Gasteiger partial charge in [0.25, 0.3) is 0 Å². The highest BCUT2D eigenvalue weighted by Gasteiger charge is 2.38. The quantitative estimate of drug-likeness (QED) is 0.519. The number of nitrogens with one attached hydrogen (secondary N) is 1. The lowest BCUT2D eigenvalue weighted by atomic mass is 9.68. The molecule has 0 saturated carbocycles. The van der Waals surface area contributed by atoms with Crippen molar-refractivity contribution in [2.45, 2.75) is 45.4 Å². The van der Waals surface area contributed by atoms with Crippen molar-refractivity contribution in [2.24, 2.45) is 11.8 Å². The van der Waals surface area contributed by atoms with Crippen LogP contribution < -0.4 is 5.32 Å². The molecule has 0 spiro atoms. The summed E-state index contributed by atoms with van der Waals surface area (Å²) in [6.45, 7) is 11.9. The standard InChI is InChI=1S/C29H43N3O2/c1-5-31(4)28(34)21-30-20-25(18-24-10-7-6-8-11-24)14-16-32-17-15-29(3,23(2)22-32)26-12-9-13-27(33)19-26/h6-13,19,23,25,30,33H,5,14-18,20-22H2,1-4H3. The molecule has 3 atom stereocenters. The summed E-state index contributed by atoms with van der Waals surface area (Å²) in [5, 5.41) is 13.4. The summed E-state index contributed by atoms with van der Waals surface area (Å²) in [6, 6.07) is 18.5. The topological polar surface area (TPSA) is 55.8 Å². The Morgan fingerprint density at radius 2 is 2.00 bits per heavy atom. The number of likely N-dealkylation sites (N-methyl/N-ethyl adjacent to an activating group) is 1. The maximum absolute atomic E-state index is 12.2. The van der Waals surface area contributed by atoms with Gasteiger partial charge in [-0.25, -0.2) is 0 Å². The molecule has 2 aromatic carbocycles. The smallest absolute Gasteiger partial charge is 0.236 e. The Labute approximate surface area is 206 Å². The Bertz CT molecular complexity index is 903. The Balaban J connectivity index is 1.56. The molecule has 3 unspecified atom stereocenters. The summed E-state index contributed by atoms with van der Waals surface area (Å²) in [7, 11) is 1.85. The third-order valence-corrected chi connectivity index (χ3v) is 7.90. The highest BCUT2D eigenvalue weighted by molar-refractivity contribution is 5.77. The van der Waals surface area contributed by atoms with Crippen LogP contribution in [0.4, 0.5) is 0 Å². The number of benzene rings is 2. The maximum atomic E-state index is 12.2. The second-order valence-corrected chi connectivity index (χ2v) is 10.3. The number of piperidine rings is 1. The molecule has 1 aliphatic heterocycles. The maximum Gasteiger partial charge on any atom is 0.236 e. The van der Waals surface area contributed by atoms with E-state index in [0.29, 0.717) is 24.1 Å². The van der Waals surface area contributed by atoms with Crippen LogP contribution in [0.15, 0.2) is 54.6 Å². The normalized spacial score (nSPS) is 21.8. The molecule has 5 heteroatoms. The summed E-state index contributed by atoms with van der Waals surface area (Å²) in [4.78, 5) is 16.6. The number of likely N-dealkylation sites (tertiary alicyclic amines) is 1. The first-order valence-electron chi connectivity index (χ1n) is 12.8. The van der Waals surface area contributed by atoms with E-state index in [2.05, 4.69) is 60.5 Å². The van der Waals surface area contributed by atoms with E-state index in [1.54, 1.807) is 11.0 Å². The number of nitrogens with zero attached hydrogens (tertiary/aromatic N) is 2. The molecule has 1 fully saturated rings. The molecule has 0 aliphatic carbocycles. The number of amides is 1. The molecule has 3 rings (SSSR count). The zero-order valence-electron chi connectivity index (χ0n) is 21.5. The van der Waals surface area contributed by atoms with E-state index < -0.39 is 0 Å². The van der Waals surface area contributed by atoms with Crippen molar-refractivity contribution < 1.29 is 9.90 Å². The lowest BCUT2D eigenvalue weighted by Gasteiger charge is -2.45. The lowest BCUT2D eigenvalue weighted by Crippen LogP contribution is -2.48. The predicted octanol–water partition coefficient (Wildman–Crippen LogP) is 4.31. The van der Waals surface area contributed by atoms with Gasteiger partial charge >= 0.3 is 0 Å². The van der Waals surface area contributed by atoms with E-state index in [0.717, 1.165) is 52.0 Å². The van der Waals surface area contributed by atoms with Gasteiger partial charge in [0.2, 0.25) is 5.91 Å². The first kappa shape index (κ1) is 26.2. The molecule has 2 N–H and O–H groups in total. The first-order valence-corrected chi connectivity index (χ1v) is 12.8. The van der Waals surface area contributed by atoms with Crippen LogP contribution in [0.25, 0.3) is 0 Å². The monoisotopic (exact) mass is 465 g/mol. The van der Waals surface area contributed by atoms with E-state index in [4.69, 9.17) is 0 Å². The summed E-state index contributed by atoms with van der Waals surface area (Å²) < 4.78 is 0. The molecule has 34 heavy (non-hydrogen) atoms. The molecule has 186 valence electrons. The average molecular weight is 466 g/mol. The van der Waals surface area contributed by atoms with Gasteiger partial charge in [0.15, 0.2) is 0 Å². The van der Waals surface area contributed by atoms with Crippen molar-refractivity contribution in [2.75, 3.05) is 46.3 Å². The zero-order chi connectivity index (χ0) is 24.6. The molecular formula is C29H43N3O2. The minimum atomic E-state index is 0.0892. The molecule has 1 saturated heterocycles. The van der Waals surface area contributed by atoms with Crippen LogP contribution in [0.3, 0.4) is 0 Å². The zero-order valence-corrected chi connectivity index (χ0v) is 21.5. The van der Waals surface area contributed by atoms with Gasteiger partial charge < -0.3 is 20.2 Å². The molecule has 0 radical (unpaired) electrons. The van der Waals surface area contributed by atoms with Crippen LogP contribution >= 0.6 is 0 Å². The molecule has 1 aliphatic rings. The van der Waals surface area contributed by atoms with Crippen molar-refractivity contribution in [3.05, 3.63) is 65.7 Å². The van der Waals surface area contributed by atoms with Crippen LogP contribution in [0.1, 0.15) is 44.7 Å². The minimum Gasteiger partial charge on any atom is -0.508 e. The number of phenols is 1. The van der Waals surface area contributed by atoms with Gasteiger partial charge in [-0.1, -0.05) is 56.3 Å². The van der Waals surface area contributed by atoms with Crippen LogP contribution in [-0.4, -0.2) is 67.1 Å². The first-order chi connectivity index (χ1) is 16.3. The summed E-state index contributed by atoms with van der Waals surface area (Å²) in [5.41, 5.74) is 2.69. The van der Waals surface area contributed by atoms with Gasteiger partial charge in [0.05, 0.1) is 6.54 Å². The van der Waals surface area contributed by atoms with Crippen LogP contribution in [0.5, 0.6) is 5.75 Å². The SMILES string of the molecule is CCN(C)C(=O)CNCC(CCN1CCC(C)(c2cccc(O)c2)C(C)C1)Cc1ccccc1. The van der Waals surface area contributed by atoms with E-state index in [1.807, 2.05) is 26.1 Å². The molecule has 2 aromatic rings. The Kier molecular flexibility index (Phi) is 9.54. The number of aromatic hydroxyl groups is 1. The fourth-order valence-electron chi connectivity index (χ4n) is 5.09. The molecular weight excluding hydrogens is 422 g/mol. The Hall–Kier alpha value is -2.37. The largest absolute Gasteiger partial charge is 0.508 e. The Morgan fingerprint density at radius 1 is 1.24 bits per heavy atom. The molecule has 1 heterocycles. The van der Waals surface area contributed by atoms with E-state index in [9.17, 15) is 9.90 Å². The van der Waals surface area contributed by atoms with E-state index in [-0.39, 0.29) is 11.3 Å². The van der Waals surface area contributed by atoms with Crippen LogP contribution in [0.2, 0.25) is 0 Å². The fraction of sp³-hybridized carbons (Fsp3) is 0.552. The third kappa shape index (κ3) is 7.07. The van der Waals surface area contributed by atoms with Gasteiger partial charge in [-0.05, 0) is 86.3 Å². The summed E-state index contributed by atoms with van der Waals surface area (Å²) in [6.07, 6.45) is 3.22. The number of carbonyl (C=O) groups is 1. The molecule has 5 nitrogen and oxygen atoms in total. The minimum absolute atomic E-state index is 0.0892. The second kappa shape index (κ2) is 12.4. The molecule has 0 bridgehead atoms. The number of carbonyl (C=O) groups excluding carboxylic acids is 1. The fourth-order valence-corrected chi connectivity index (χ4v) is 5.09. The van der Waals surface area contributed by atoms with Crippen molar-refractivity contribution >= 4 is 5.91 Å². The lowest BCUT2D eigenvalue weighted by molar-refractivity contribution is -0.128. The number of hydrogen-bond donors (Lipinski definition) is 2. The third-order valence-electron chi connectivity index (χ3n) is 7.90. The van der Waals surface area contributed by atoms with E-state index >= 15 is 0 Å². The van der Waals surface area contributed by atoms with Gasteiger partial charge in [0.1, 0.15) is 5.75 Å². The van der Waals surface area contributed by atoms with Crippen molar-refractivity contribution in [3.8, 4) is 5.75 Å². The van der Waals surface area contributed by atoms with Crippen LogP contribution in [-0.2, 0) is 16.6 Å². The summed E-state index contributed by atoms with van der Waals surface area (Å²) in [5.74, 6) is 1.50. The molecule has 0 aromatic heterocycles. The highest BCUT2D eigenvalue weighted by Crippen LogP contribution is 2.40. The number of phenolic OH excluding ortho intramolecular Hbond substituents is 1. The van der Waals surface area contributed by atoms with Gasteiger partial charge in [0, 0.05) is 20.1 Å². The second-order valence-electron chi connectivity index (χ2n) is 10.3. The van der Waals surface area contributed by atoms with Crippen LogP contribution in [0, 0.1) is 11.8 Å². The van der Waals surface area contributed by atoms with E-state index in [1.165, 1.54) is 11.1 Å². The van der Waals surface area contributed by atoms with Gasteiger partial charge in [-0.15, -0.1) is 0 Å². The number of hydrogen-bond acceptors (Lipinski definition) is 4. The average Bonchev–Trinajstić information content (AvgIpc) is 2.84. The van der Waals surface area contributed by atoms with Gasteiger partial charge in [-0.3, -0.25) is 4.79 Å². The van der Waals surface area contributed by atoms with Crippen molar-refractivity contribution in [1.29, 1.82) is 0 Å². The number of rotatable bonds is 11. The van der Waals surface area contributed by atoms with Crippen molar-refractivity contribution in [3.63, 3.8) is 0 Å². The van der Waals surface area contributed by atoms with Crippen molar-refractivity contribution in [1.82, 2.24) is 15.1 Å². The Morgan fingerprint density at radius 3 is 2.68 bits per heavy atom. The highest BCUT2D eigenvalue weighted by atomic mass is 16.3.